The molecule has 1 N–H and O–H groups in total. The second kappa shape index (κ2) is 15.0. The van der Waals surface area contributed by atoms with Crippen molar-refractivity contribution in [2.45, 2.75) is 167 Å². The van der Waals surface area contributed by atoms with Crippen molar-refractivity contribution in [1.82, 2.24) is 0 Å². The van der Waals surface area contributed by atoms with Crippen molar-refractivity contribution in [3.05, 3.63) is 24.3 Å². The smallest absolute Gasteiger partial charge is 0.305 e. The molecule has 0 heterocycles. The normalized spacial score (nSPS) is 26.1. The van der Waals surface area contributed by atoms with E-state index in [1.165, 1.54) is 32.8 Å². The van der Waals surface area contributed by atoms with Gasteiger partial charge in [-0.1, -0.05) is 79.2 Å². The molecule has 0 amide bonds. The Bertz CT molecular complexity index is 902. The summed E-state index contributed by atoms with van der Waals surface area (Å²) in [6, 6.07) is 0. The van der Waals surface area contributed by atoms with Crippen LogP contribution in [0.4, 0.5) is 0 Å². The predicted molar refractivity (Wildman–Crippen MR) is 182 cm³/mol. The minimum absolute atomic E-state index is 0.0264. The summed E-state index contributed by atoms with van der Waals surface area (Å²) in [6.45, 7) is 25.6. The predicted octanol–water partition coefficient (Wildman–Crippen LogP) is 9.58. The summed E-state index contributed by atoms with van der Waals surface area (Å²) in [7, 11) is -2.49. The van der Waals surface area contributed by atoms with Gasteiger partial charge in [-0.25, -0.2) is 0 Å². The molecule has 0 aliphatic heterocycles. The molecule has 5 atom stereocenters. The Morgan fingerprint density at radius 3 is 2.12 bits per heavy atom. The third-order valence-electron chi connectivity index (χ3n) is 11.4. The molecule has 0 radical (unpaired) electrons. The van der Waals surface area contributed by atoms with Crippen LogP contribution in [0.5, 0.6) is 0 Å². The topological polar surface area (TPSA) is 65.0 Å². The van der Waals surface area contributed by atoms with Crippen LogP contribution < -0.4 is 0 Å². The van der Waals surface area contributed by atoms with Crippen LogP contribution in [0.2, 0.25) is 36.3 Å². The van der Waals surface area contributed by atoms with Crippen molar-refractivity contribution >= 4 is 22.6 Å². The number of carbonyl (C=O) groups is 1. The summed E-state index contributed by atoms with van der Waals surface area (Å²) in [5, 5.41) is 11.6. The van der Waals surface area contributed by atoms with Gasteiger partial charge in [-0.3, -0.25) is 4.79 Å². The minimum Gasteiger partial charge on any atom is -0.469 e. The number of aliphatic hydroxyl groups is 1. The molecule has 244 valence electrons. The van der Waals surface area contributed by atoms with E-state index in [9.17, 15) is 9.90 Å². The van der Waals surface area contributed by atoms with Crippen LogP contribution >= 0.6 is 0 Å². The Morgan fingerprint density at radius 2 is 1.62 bits per heavy atom. The lowest BCUT2D eigenvalue weighted by Gasteiger charge is -2.51. The van der Waals surface area contributed by atoms with Gasteiger partial charge in [0.1, 0.15) is 0 Å². The molecule has 2 saturated carbocycles. The summed E-state index contributed by atoms with van der Waals surface area (Å²) in [5.74, 6) is 0.130. The molecule has 0 aromatic rings. The first-order chi connectivity index (χ1) is 19.3. The van der Waals surface area contributed by atoms with Crippen LogP contribution in [0.1, 0.15) is 113 Å². The third-order valence-corrected chi connectivity index (χ3v) is 20.4. The van der Waals surface area contributed by atoms with Crippen molar-refractivity contribution in [2.75, 3.05) is 7.11 Å². The Kier molecular flexibility index (Phi) is 13.4. The summed E-state index contributed by atoms with van der Waals surface area (Å²) in [4.78, 5) is 11.4. The summed E-state index contributed by atoms with van der Waals surface area (Å²) >= 11 is 0. The molecule has 42 heavy (non-hydrogen) atoms. The highest BCUT2D eigenvalue weighted by Gasteiger charge is 2.49. The monoisotopic (exact) mass is 622 g/mol. The lowest BCUT2D eigenvalue weighted by molar-refractivity contribution is -0.140. The quantitative estimate of drug-likeness (QED) is 0.0853. The molecule has 0 spiro atoms. The Hall–Kier alpha value is -0.736. The van der Waals surface area contributed by atoms with E-state index in [4.69, 9.17) is 13.6 Å². The number of unbranched alkanes of at least 4 members (excludes halogenated alkanes) is 1. The van der Waals surface area contributed by atoms with Crippen LogP contribution in [0.3, 0.4) is 0 Å². The molecule has 2 aliphatic rings. The molecule has 7 heteroatoms. The zero-order valence-corrected chi connectivity index (χ0v) is 31.3. The number of ether oxygens (including phenoxy) is 1. The van der Waals surface area contributed by atoms with E-state index in [-0.39, 0.29) is 46.2 Å². The van der Waals surface area contributed by atoms with E-state index in [1.54, 1.807) is 0 Å². The minimum atomic E-state index is -2.01. The molecule has 5 nitrogen and oxygen atoms in total. The van der Waals surface area contributed by atoms with E-state index < -0.39 is 16.6 Å². The van der Waals surface area contributed by atoms with Gasteiger partial charge >= 0.3 is 5.97 Å². The highest BCUT2D eigenvalue weighted by Crippen LogP contribution is 2.51. The van der Waals surface area contributed by atoms with Gasteiger partial charge in [0, 0.05) is 12.3 Å². The van der Waals surface area contributed by atoms with Crippen molar-refractivity contribution in [3.8, 4) is 0 Å². The van der Waals surface area contributed by atoms with Gasteiger partial charge in [0.25, 0.3) is 0 Å². The molecule has 0 bridgehead atoms. The molecular formula is C35H66O5Si2. The summed E-state index contributed by atoms with van der Waals surface area (Å²) in [6.07, 6.45) is 18.5. The van der Waals surface area contributed by atoms with Gasteiger partial charge < -0.3 is 18.7 Å². The number of hydrogen-bond donors (Lipinski definition) is 1. The number of allylic oxidation sites excluding steroid dienone is 2. The second-order valence-electron chi connectivity index (χ2n) is 16.2. The molecule has 1 unspecified atom stereocenters. The first kappa shape index (κ1) is 37.5. The molecule has 0 saturated heterocycles. The van der Waals surface area contributed by atoms with Gasteiger partial charge in [-0.2, -0.15) is 0 Å². The number of carbonyl (C=O) groups excluding carboxylic acids is 1. The van der Waals surface area contributed by atoms with E-state index in [0.717, 1.165) is 25.7 Å². The fourth-order valence-corrected chi connectivity index (χ4v) is 8.83. The fraction of sp³-hybridized carbons (Fsp3) is 0.857. The molecule has 0 aromatic carbocycles. The van der Waals surface area contributed by atoms with Crippen LogP contribution in [-0.4, -0.2) is 53.1 Å². The lowest BCUT2D eigenvalue weighted by Crippen LogP contribution is -2.51. The lowest BCUT2D eigenvalue weighted by atomic mass is 9.63. The fourth-order valence-electron chi connectivity index (χ4n) is 6.05. The second-order valence-corrected chi connectivity index (χ2v) is 25.7. The first-order valence-electron chi connectivity index (χ1n) is 16.7. The van der Waals surface area contributed by atoms with E-state index >= 15 is 0 Å². The van der Waals surface area contributed by atoms with Gasteiger partial charge in [-0.05, 0) is 99.0 Å². The highest BCUT2D eigenvalue weighted by atomic mass is 28.4. The Labute approximate surface area is 261 Å². The van der Waals surface area contributed by atoms with Gasteiger partial charge in [-0.15, -0.1) is 0 Å². The maximum atomic E-state index is 11.4. The molecule has 0 aromatic heterocycles. The number of rotatable bonds is 15. The van der Waals surface area contributed by atoms with Crippen molar-refractivity contribution < 1.29 is 23.5 Å². The average Bonchev–Trinajstić information content (AvgIpc) is 3.12. The van der Waals surface area contributed by atoms with Gasteiger partial charge in [0.2, 0.25) is 0 Å². The third kappa shape index (κ3) is 9.63. The number of methoxy groups -OCH3 is 1. The van der Waals surface area contributed by atoms with Crippen LogP contribution in [-0.2, 0) is 18.4 Å². The van der Waals surface area contributed by atoms with Crippen molar-refractivity contribution in [3.63, 3.8) is 0 Å². The van der Waals surface area contributed by atoms with Gasteiger partial charge in [0.15, 0.2) is 16.6 Å². The summed E-state index contributed by atoms with van der Waals surface area (Å²) < 4.78 is 18.9. The SMILES string of the molecule is CCC1(C(C/C=C/[C@@H]2[C@@H](C/C=C\CCCC(=O)OC)[C@@H](O)C[C@H]2O[Si](C)(C)C(C)(C)C)O[Si](C)(C)C(C)(C)C)CCC1. The summed E-state index contributed by atoms with van der Waals surface area (Å²) in [5.41, 5.74) is 0.290. The standard InChI is InChI=1S/C35H66O5Si2/c1-13-35(24-19-25-35)31(40-42(11,12)34(5,6)7)22-18-21-28-27(20-16-14-15-17-23-32(37)38-8)29(36)26-30(28)39-41(9,10)33(2,3)4/h14,16,18,21,27-31,36H,13,15,17,19-20,22-26H2,1-12H3/b16-14-,21-18+/t27-,28-,29+,30-,31?/m1/s1. The number of hydrogen-bond acceptors (Lipinski definition) is 5. The Morgan fingerprint density at radius 1 is 1.00 bits per heavy atom. The maximum absolute atomic E-state index is 11.4. The largest absolute Gasteiger partial charge is 0.469 e. The van der Waals surface area contributed by atoms with Crippen LogP contribution in [0.25, 0.3) is 0 Å². The number of aliphatic hydroxyl groups excluding tert-OH is 1. The van der Waals surface area contributed by atoms with E-state index in [0.29, 0.717) is 18.3 Å². The highest BCUT2D eigenvalue weighted by molar-refractivity contribution is 6.74. The number of esters is 1. The zero-order valence-electron chi connectivity index (χ0n) is 29.3. The van der Waals surface area contributed by atoms with E-state index in [2.05, 4.69) is 99.0 Å². The van der Waals surface area contributed by atoms with Crippen LogP contribution in [0, 0.1) is 17.3 Å². The first-order valence-corrected chi connectivity index (χ1v) is 22.5. The average molecular weight is 623 g/mol. The molecule has 2 aliphatic carbocycles. The Balaban J connectivity index is 2.27. The van der Waals surface area contributed by atoms with Crippen molar-refractivity contribution in [2.24, 2.45) is 17.3 Å². The van der Waals surface area contributed by atoms with Gasteiger partial charge in [0.05, 0.1) is 25.4 Å². The maximum Gasteiger partial charge on any atom is 0.305 e. The molecule has 2 fully saturated rings. The zero-order chi connectivity index (χ0) is 32.0. The van der Waals surface area contributed by atoms with Crippen LogP contribution in [0.15, 0.2) is 24.3 Å². The van der Waals surface area contributed by atoms with Crippen molar-refractivity contribution in [1.29, 1.82) is 0 Å². The van der Waals surface area contributed by atoms with E-state index in [1.807, 2.05) is 0 Å². The molecular weight excluding hydrogens is 557 g/mol. The molecule has 2 rings (SSSR count).